The Morgan fingerprint density at radius 3 is 2.36 bits per heavy atom. The first kappa shape index (κ1) is 16.3. The molecule has 6 nitrogen and oxygen atoms in total. The quantitative estimate of drug-likeness (QED) is 0.566. The molecule has 1 heterocycles. The molecular weight excluding hydrogens is 320 g/mol. The average molecular weight is 334 g/mol. The van der Waals surface area contributed by atoms with E-state index in [0.29, 0.717) is 22.5 Å². The van der Waals surface area contributed by atoms with Gasteiger partial charge in [0.2, 0.25) is 0 Å². The maximum atomic E-state index is 11.7. The monoisotopic (exact) mass is 334 g/mol. The number of rotatable bonds is 4. The Balaban J connectivity index is 2.26. The largest absolute Gasteiger partial charge is 0.478 e. The van der Waals surface area contributed by atoms with Crippen molar-refractivity contribution in [1.29, 1.82) is 0 Å². The minimum atomic E-state index is -1.12. The van der Waals surface area contributed by atoms with Crippen LogP contribution in [0.2, 0.25) is 0 Å². The van der Waals surface area contributed by atoms with Gasteiger partial charge >= 0.3 is 5.97 Å². The SMILES string of the molecule is Cc1nc(-c2ccccc2)cc(-c2cccc([N+](=O)[O-])c2)c1C(=O)O. The number of carboxylic acids is 1. The first-order valence-electron chi connectivity index (χ1n) is 7.52. The predicted octanol–water partition coefficient (Wildman–Crippen LogP) is 4.33. The van der Waals surface area contributed by atoms with Crippen LogP contribution in [0.4, 0.5) is 5.69 Å². The van der Waals surface area contributed by atoms with Gasteiger partial charge in [-0.3, -0.25) is 15.1 Å². The molecule has 0 aliphatic carbocycles. The van der Waals surface area contributed by atoms with E-state index in [-0.39, 0.29) is 11.3 Å². The molecular formula is C19H14N2O4. The van der Waals surface area contributed by atoms with Gasteiger partial charge in [-0.2, -0.15) is 0 Å². The molecule has 0 atom stereocenters. The Labute approximate surface area is 143 Å². The molecule has 0 radical (unpaired) electrons. The van der Waals surface area contributed by atoms with Crippen LogP contribution in [0.15, 0.2) is 60.7 Å². The maximum Gasteiger partial charge on any atom is 0.338 e. The first-order valence-corrected chi connectivity index (χ1v) is 7.52. The third-order valence-electron chi connectivity index (χ3n) is 3.85. The van der Waals surface area contributed by atoms with Crippen molar-refractivity contribution in [2.75, 3.05) is 0 Å². The Hall–Kier alpha value is -3.54. The van der Waals surface area contributed by atoms with Gasteiger partial charge in [0.1, 0.15) is 0 Å². The fraction of sp³-hybridized carbons (Fsp3) is 0.0526. The molecule has 3 rings (SSSR count). The molecule has 3 aromatic rings. The number of aromatic carboxylic acids is 1. The van der Waals surface area contributed by atoms with Crippen molar-refractivity contribution in [1.82, 2.24) is 4.98 Å². The Bertz CT molecular complexity index is 968. The lowest BCUT2D eigenvalue weighted by Gasteiger charge is -2.12. The number of hydrogen-bond donors (Lipinski definition) is 1. The van der Waals surface area contributed by atoms with E-state index in [1.807, 2.05) is 30.3 Å². The van der Waals surface area contributed by atoms with Crippen LogP contribution in [-0.2, 0) is 0 Å². The van der Waals surface area contributed by atoms with Gasteiger partial charge in [0, 0.05) is 23.3 Å². The number of non-ortho nitro benzene ring substituents is 1. The van der Waals surface area contributed by atoms with Crippen molar-refractivity contribution in [2.24, 2.45) is 0 Å². The van der Waals surface area contributed by atoms with Crippen LogP contribution in [0.1, 0.15) is 16.1 Å². The van der Waals surface area contributed by atoms with Crippen LogP contribution < -0.4 is 0 Å². The fourth-order valence-corrected chi connectivity index (χ4v) is 2.71. The smallest absolute Gasteiger partial charge is 0.338 e. The lowest BCUT2D eigenvalue weighted by Crippen LogP contribution is -2.06. The second-order valence-corrected chi connectivity index (χ2v) is 5.49. The van der Waals surface area contributed by atoms with Gasteiger partial charge in [0.05, 0.1) is 21.9 Å². The van der Waals surface area contributed by atoms with Crippen LogP contribution in [-0.4, -0.2) is 21.0 Å². The molecule has 1 N–H and O–H groups in total. The van der Waals surface area contributed by atoms with Gasteiger partial charge in [-0.05, 0) is 18.6 Å². The molecule has 0 saturated heterocycles. The van der Waals surface area contributed by atoms with Crippen molar-refractivity contribution < 1.29 is 14.8 Å². The van der Waals surface area contributed by atoms with Crippen LogP contribution in [0.3, 0.4) is 0 Å². The Morgan fingerprint density at radius 2 is 1.72 bits per heavy atom. The van der Waals surface area contributed by atoms with E-state index >= 15 is 0 Å². The summed E-state index contributed by atoms with van der Waals surface area (Å²) in [4.78, 5) is 26.6. The number of carboxylic acid groups (broad SMARTS) is 1. The standard InChI is InChI=1S/C19H14N2O4/c1-12-18(19(22)23)16(14-8-5-9-15(10-14)21(24)25)11-17(20-12)13-6-3-2-4-7-13/h2-11H,1H3,(H,22,23). The minimum absolute atomic E-state index is 0.0418. The molecule has 0 fully saturated rings. The lowest BCUT2D eigenvalue weighted by molar-refractivity contribution is -0.384. The molecule has 0 saturated carbocycles. The topological polar surface area (TPSA) is 93.3 Å². The highest BCUT2D eigenvalue weighted by atomic mass is 16.6. The third-order valence-corrected chi connectivity index (χ3v) is 3.85. The molecule has 0 bridgehead atoms. The van der Waals surface area contributed by atoms with Crippen molar-refractivity contribution in [3.63, 3.8) is 0 Å². The summed E-state index contributed by atoms with van der Waals surface area (Å²) in [6.45, 7) is 1.62. The third kappa shape index (κ3) is 3.23. The van der Waals surface area contributed by atoms with Gasteiger partial charge in [0.15, 0.2) is 0 Å². The van der Waals surface area contributed by atoms with E-state index in [1.165, 1.54) is 18.2 Å². The number of aryl methyl sites for hydroxylation is 1. The summed E-state index contributed by atoms with van der Waals surface area (Å²) in [5.74, 6) is -1.12. The van der Waals surface area contributed by atoms with E-state index in [2.05, 4.69) is 4.98 Å². The summed E-state index contributed by atoms with van der Waals surface area (Å²) in [6.07, 6.45) is 0. The molecule has 0 unspecified atom stereocenters. The molecule has 6 heteroatoms. The number of aromatic nitrogens is 1. The Morgan fingerprint density at radius 1 is 1.04 bits per heavy atom. The number of pyridine rings is 1. The number of nitro benzene ring substituents is 1. The normalized spacial score (nSPS) is 10.4. The number of nitro groups is 1. The summed E-state index contributed by atoms with van der Waals surface area (Å²) in [6, 6.07) is 17.0. The highest BCUT2D eigenvalue weighted by Gasteiger charge is 2.19. The van der Waals surface area contributed by atoms with Gasteiger partial charge in [-0.15, -0.1) is 0 Å². The number of hydrogen-bond acceptors (Lipinski definition) is 4. The predicted molar refractivity (Wildman–Crippen MR) is 93.5 cm³/mol. The minimum Gasteiger partial charge on any atom is -0.478 e. The number of carbonyl (C=O) groups is 1. The first-order chi connectivity index (χ1) is 12.0. The molecule has 0 aliphatic rings. The van der Waals surface area contributed by atoms with Crippen molar-refractivity contribution in [2.45, 2.75) is 6.92 Å². The van der Waals surface area contributed by atoms with Gasteiger partial charge in [0.25, 0.3) is 5.69 Å². The van der Waals surface area contributed by atoms with E-state index in [1.54, 1.807) is 19.1 Å². The molecule has 25 heavy (non-hydrogen) atoms. The molecule has 0 spiro atoms. The average Bonchev–Trinajstić information content (AvgIpc) is 2.61. The second-order valence-electron chi connectivity index (χ2n) is 5.49. The van der Waals surface area contributed by atoms with E-state index in [4.69, 9.17) is 0 Å². The van der Waals surface area contributed by atoms with Crippen LogP contribution in [0.25, 0.3) is 22.4 Å². The maximum absolute atomic E-state index is 11.7. The fourth-order valence-electron chi connectivity index (χ4n) is 2.71. The second kappa shape index (κ2) is 6.52. The summed E-state index contributed by atoms with van der Waals surface area (Å²) in [5, 5.41) is 20.6. The van der Waals surface area contributed by atoms with E-state index < -0.39 is 10.9 Å². The van der Waals surface area contributed by atoms with Crippen LogP contribution in [0.5, 0.6) is 0 Å². The summed E-state index contributed by atoms with van der Waals surface area (Å²) in [7, 11) is 0. The van der Waals surface area contributed by atoms with Crippen molar-refractivity contribution in [3.8, 4) is 22.4 Å². The van der Waals surface area contributed by atoms with Crippen molar-refractivity contribution in [3.05, 3.63) is 82.0 Å². The summed E-state index contributed by atoms with van der Waals surface area (Å²) < 4.78 is 0. The zero-order chi connectivity index (χ0) is 18.0. The van der Waals surface area contributed by atoms with Gasteiger partial charge < -0.3 is 5.11 Å². The van der Waals surface area contributed by atoms with Crippen molar-refractivity contribution >= 4 is 11.7 Å². The lowest BCUT2D eigenvalue weighted by atomic mass is 9.96. The van der Waals surface area contributed by atoms with Crippen LogP contribution in [0, 0.1) is 17.0 Å². The highest BCUT2D eigenvalue weighted by molar-refractivity contribution is 5.98. The zero-order valence-electron chi connectivity index (χ0n) is 13.3. The number of nitrogens with zero attached hydrogens (tertiary/aromatic N) is 2. The molecule has 0 amide bonds. The molecule has 0 aliphatic heterocycles. The molecule has 1 aromatic heterocycles. The van der Waals surface area contributed by atoms with Crippen LogP contribution >= 0.6 is 0 Å². The zero-order valence-corrected chi connectivity index (χ0v) is 13.3. The summed E-state index contributed by atoms with van der Waals surface area (Å²) >= 11 is 0. The summed E-state index contributed by atoms with van der Waals surface area (Å²) in [5.41, 5.74) is 2.63. The highest BCUT2D eigenvalue weighted by Crippen LogP contribution is 2.32. The van der Waals surface area contributed by atoms with Gasteiger partial charge in [-0.1, -0.05) is 42.5 Å². The van der Waals surface area contributed by atoms with E-state index in [9.17, 15) is 20.0 Å². The Kier molecular flexibility index (Phi) is 4.26. The van der Waals surface area contributed by atoms with E-state index in [0.717, 1.165) is 5.56 Å². The molecule has 2 aromatic carbocycles. The van der Waals surface area contributed by atoms with Gasteiger partial charge in [-0.25, -0.2) is 4.79 Å². The molecule has 124 valence electrons. The number of benzene rings is 2.